The Hall–Kier alpha value is -2.64. The van der Waals surface area contributed by atoms with Crippen LogP contribution in [0.3, 0.4) is 0 Å². The van der Waals surface area contributed by atoms with Crippen molar-refractivity contribution >= 4 is 35.0 Å². The zero-order chi connectivity index (χ0) is 21.5. The number of fused-ring (bicyclic) bond motifs is 3. The molecule has 1 fully saturated rings. The van der Waals surface area contributed by atoms with Crippen molar-refractivity contribution in [1.29, 1.82) is 0 Å². The lowest BCUT2D eigenvalue weighted by Gasteiger charge is -2.26. The first-order chi connectivity index (χ1) is 15.0. The number of allylic oxidation sites excluding steroid dienone is 1. The molecule has 0 saturated heterocycles. The third-order valence-corrected chi connectivity index (χ3v) is 7.02. The van der Waals surface area contributed by atoms with Crippen molar-refractivity contribution in [2.75, 3.05) is 10.6 Å². The summed E-state index contributed by atoms with van der Waals surface area (Å²) in [6, 6.07) is 5.92. The van der Waals surface area contributed by atoms with E-state index in [-0.39, 0.29) is 24.0 Å². The number of aryl methyl sites for hydroxylation is 2. The lowest BCUT2D eigenvalue weighted by atomic mass is 9.89. The number of benzene rings is 1. The van der Waals surface area contributed by atoms with Crippen LogP contribution in [0.15, 0.2) is 36.5 Å². The smallest absolute Gasteiger partial charge is 0.309 e. The fourth-order valence-corrected chi connectivity index (χ4v) is 5.29. The quantitative estimate of drug-likeness (QED) is 0.413. The molecule has 162 valence electrons. The zero-order valence-corrected chi connectivity index (χ0v) is 17.7. The molecular formula is C23H25ClN4O3. The van der Waals surface area contributed by atoms with E-state index in [2.05, 4.69) is 38.8 Å². The van der Waals surface area contributed by atoms with Gasteiger partial charge in [-0.3, -0.25) is 4.79 Å². The average molecular weight is 441 g/mol. The molecule has 3 aliphatic carbocycles. The van der Waals surface area contributed by atoms with Gasteiger partial charge in [0.05, 0.1) is 18.2 Å². The second kappa shape index (κ2) is 8.13. The lowest BCUT2D eigenvalue weighted by molar-refractivity contribution is -0.142. The number of hydrogen-bond donors (Lipinski definition) is 4. The number of halogens is 1. The highest BCUT2D eigenvalue weighted by Gasteiger charge is 2.48. The number of aliphatic carboxylic acids is 1. The third-order valence-electron chi connectivity index (χ3n) is 6.75. The maximum Gasteiger partial charge on any atom is 0.309 e. The van der Waals surface area contributed by atoms with Crippen LogP contribution in [0.25, 0.3) is 0 Å². The minimum Gasteiger partial charge on any atom is -0.481 e. The van der Waals surface area contributed by atoms with Crippen molar-refractivity contribution in [3.05, 3.63) is 52.7 Å². The molecule has 7 nitrogen and oxygen atoms in total. The number of carbonyl (C=O) groups is 1. The number of carboxylic acids is 1. The van der Waals surface area contributed by atoms with E-state index in [1.165, 1.54) is 17.3 Å². The first-order valence-electron chi connectivity index (χ1n) is 10.7. The van der Waals surface area contributed by atoms with Crippen LogP contribution in [0.4, 0.5) is 17.5 Å². The van der Waals surface area contributed by atoms with Crippen molar-refractivity contribution in [1.82, 2.24) is 9.97 Å². The van der Waals surface area contributed by atoms with Gasteiger partial charge in [-0.1, -0.05) is 29.8 Å². The van der Waals surface area contributed by atoms with E-state index in [0.29, 0.717) is 16.8 Å². The Morgan fingerprint density at radius 1 is 1.13 bits per heavy atom. The predicted octanol–water partition coefficient (Wildman–Crippen LogP) is 3.80. The Morgan fingerprint density at radius 3 is 2.71 bits per heavy atom. The fourth-order valence-electron chi connectivity index (χ4n) is 5.14. The molecule has 2 bridgehead atoms. The molecule has 5 unspecified atom stereocenters. The van der Waals surface area contributed by atoms with Gasteiger partial charge >= 0.3 is 5.97 Å². The van der Waals surface area contributed by atoms with E-state index < -0.39 is 11.9 Å². The van der Waals surface area contributed by atoms with Crippen molar-refractivity contribution in [3.8, 4) is 0 Å². The van der Waals surface area contributed by atoms with Gasteiger partial charge in [0, 0.05) is 11.7 Å². The molecule has 31 heavy (non-hydrogen) atoms. The van der Waals surface area contributed by atoms with Crippen molar-refractivity contribution in [3.63, 3.8) is 0 Å². The van der Waals surface area contributed by atoms with E-state index in [0.717, 1.165) is 37.8 Å². The number of anilines is 3. The number of nitrogens with zero attached hydrogens (tertiary/aromatic N) is 2. The summed E-state index contributed by atoms with van der Waals surface area (Å²) in [4.78, 5) is 20.6. The van der Waals surface area contributed by atoms with E-state index >= 15 is 0 Å². The number of aliphatic hydroxyl groups excluding tert-OH is 1. The highest BCUT2D eigenvalue weighted by molar-refractivity contribution is 6.32. The van der Waals surface area contributed by atoms with Gasteiger partial charge in [-0.25, -0.2) is 4.98 Å². The van der Waals surface area contributed by atoms with Crippen LogP contribution in [0.5, 0.6) is 0 Å². The molecule has 0 spiro atoms. The number of rotatable bonds is 5. The number of nitrogens with one attached hydrogen (secondary N) is 2. The van der Waals surface area contributed by atoms with Crippen molar-refractivity contribution < 1.29 is 15.0 Å². The van der Waals surface area contributed by atoms with E-state index in [1.54, 1.807) is 0 Å². The predicted molar refractivity (Wildman–Crippen MR) is 119 cm³/mol. The molecule has 2 aromatic rings. The summed E-state index contributed by atoms with van der Waals surface area (Å²) in [5.74, 6) is -0.240. The molecule has 3 aliphatic rings. The Morgan fingerprint density at radius 2 is 1.90 bits per heavy atom. The molecule has 1 heterocycles. The third kappa shape index (κ3) is 4.00. The number of aromatic nitrogens is 2. The Kier molecular flexibility index (Phi) is 5.32. The minimum atomic E-state index is -0.798. The molecule has 1 aromatic carbocycles. The van der Waals surface area contributed by atoms with Gasteiger partial charge in [0.2, 0.25) is 5.95 Å². The van der Waals surface area contributed by atoms with E-state index in [9.17, 15) is 15.0 Å². The maximum atomic E-state index is 11.8. The van der Waals surface area contributed by atoms with Crippen LogP contribution < -0.4 is 10.6 Å². The minimum absolute atomic E-state index is 0.0521. The van der Waals surface area contributed by atoms with Crippen LogP contribution in [0, 0.1) is 17.8 Å². The fraction of sp³-hybridized carbons (Fsp3) is 0.435. The van der Waals surface area contributed by atoms with Crippen LogP contribution in [-0.4, -0.2) is 38.3 Å². The summed E-state index contributed by atoms with van der Waals surface area (Å²) in [7, 11) is 0. The summed E-state index contributed by atoms with van der Waals surface area (Å²) >= 11 is 6.33. The standard InChI is InChI=1S/C23H25ClN4O3/c24-18-11-25-23(26-16-6-3-12-4-7-17(29)8-5-13(12)10-16)28-21(18)27-20-15-2-1-14(9-15)19(20)22(30)31/h1-3,6,10-11,14-15,17,19-20,29H,4-5,7-9H2,(H,30,31)(H2,25,26,27,28). The first kappa shape index (κ1) is 20.3. The molecule has 0 amide bonds. The molecular weight excluding hydrogens is 416 g/mol. The normalized spacial score (nSPS) is 28.8. The van der Waals surface area contributed by atoms with Crippen LogP contribution in [-0.2, 0) is 17.6 Å². The molecule has 0 aliphatic heterocycles. The van der Waals surface area contributed by atoms with E-state index in [1.807, 2.05) is 12.1 Å². The van der Waals surface area contributed by atoms with Gasteiger partial charge in [0.15, 0.2) is 5.82 Å². The largest absolute Gasteiger partial charge is 0.481 e. The summed E-state index contributed by atoms with van der Waals surface area (Å²) in [5, 5.41) is 26.5. The Labute approximate surface area is 185 Å². The molecule has 5 rings (SSSR count). The van der Waals surface area contributed by atoms with Crippen molar-refractivity contribution in [2.24, 2.45) is 17.8 Å². The highest BCUT2D eigenvalue weighted by atomic mass is 35.5. The highest BCUT2D eigenvalue weighted by Crippen LogP contribution is 2.45. The number of aliphatic hydroxyl groups is 1. The van der Waals surface area contributed by atoms with Gasteiger partial charge in [-0.2, -0.15) is 4.98 Å². The zero-order valence-electron chi connectivity index (χ0n) is 17.0. The average Bonchev–Trinajstić information content (AvgIpc) is 3.30. The summed E-state index contributed by atoms with van der Waals surface area (Å²) in [5.41, 5.74) is 3.37. The van der Waals surface area contributed by atoms with Gasteiger partial charge in [-0.15, -0.1) is 0 Å². The lowest BCUT2D eigenvalue weighted by Crippen LogP contribution is -2.38. The van der Waals surface area contributed by atoms with Gasteiger partial charge in [-0.05, 0) is 67.2 Å². The van der Waals surface area contributed by atoms with E-state index in [4.69, 9.17) is 11.6 Å². The molecule has 4 N–H and O–H groups in total. The summed E-state index contributed by atoms with van der Waals surface area (Å²) in [6.45, 7) is 0. The molecule has 0 radical (unpaired) electrons. The second-order valence-corrected chi connectivity index (χ2v) is 9.12. The SMILES string of the molecule is O=C(O)C1C2C=CC(C2)C1Nc1nc(Nc2ccc3c(c2)CCC(O)CC3)ncc1Cl. The topological polar surface area (TPSA) is 107 Å². The Bertz CT molecular complexity index is 1040. The van der Waals surface area contributed by atoms with Gasteiger partial charge in [0.1, 0.15) is 5.02 Å². The molecule has 1 aromatic heterocycles. The number of hydrogen-bond acceptors (Lipinski definition) is 6. The van der Waals surface area contributed by atoms with Crippen LogP contribution in [0.1, 0.15) is 30.4 Å². The monoisotopic (exact) mass is 440 g/mol. The maximum absolute atomic E-state index is 11.8. The second-order valence-electron chi connectivity index (χ2n) is 8.71. The van der Waals surface area contributed by atoms with Crippen molar-refractivity contribution in [2.45, 2.75) is 44.2 Å². The first-order valence-corrected chi connectivity index (χ1v) is 11.1. The van der Waals surface area contributed by atoms with Gasteiger partial charge < -0.3 is 20.8 Å². The Balaban J connectivity index is 1.35. The van der Waals surface area contributed by atoms with Crippen LogP contribution >= 0.6 is 11.6 Å². The van der Waals surface area contributed by atoms with Gasteiger partial charge in [0.25, 0.3) is 0 Å². The van der Waals surface area contributed by atoms with Crippen LogP contribution in [0.2, 0.25) is 5.02 Å². The summed E-state index contributed by atoms with van der Waals surface area (Å²) in [6.07, 6.45) is 9.50. The molecule has 8 heteroatoms. The summed E-state index contributed by atoms with van der Waals surface area (Å²) < 4.78 is 0. The number of carboxylic acid groups (broad SMARTS) is 1. The molecule has 5 atom stereocenters. The molecule has 1 saturated carbocycles.